The van der Waals surface area contributed by atoms with Gasteiger partial charge in [0.1, 0.15) is 23.0 Å². The first-order chi connectivity index (χ1) is 17.3. The molecule has 0 atom stereocenters. The minimum atomic E-state index is -0.927. The minimum absolute atomic E-state index is 0.0110. The number of nitrogens with two attached hydrogens (primary N) is 1. The van der Waals surface area contributed by atoms with Gasteiger partial charge in [-0.2, -0.15) is 0 Å². The van der Waals surface area contributed by atoms with Crippen LogP contribution in [-0.4, -0.2) is 16.7 Å². The highest BCUT2D eigenvalue weighted by Crippen LogP contribution is 2.37. The molecule has 3 N–H and O–H groups in total. The number of aliphatic hydroxyl groups excluding tert-OH is 1. The summed E-state index contributed by atoms with van der Waals surface area (Å²) in [5.41, 5.74) is 8.35. The van der Waals surface area contributed by atoms with Crippen LogP contribution in [0.5, 0.6) is 0 Å². The van der Waals surface area contributed by atoms with Crippen LogP contribution in [0.15, 0.2) is 84.1 Å². The Morgan fingerprint density at radius 3 is 1.86 bits per heavy atom. The number of nitrogen functional groups attached to an aromatic ring is 1. The lowest BCUT2D eigenvalue weighted by atomic mass is 9.82. The van der Waals surface area contributed by atoms with Crippen LogP contribution in [0.3, 0.4) is 0 Å². The lowest BCUT2D eigenvalue weighted by Gasteiger charge is -2.37. The third-order valence-corrected chi connectivity index (χ3v) is 6.29. The number of esters is 1. The highest BCUT2D eigenvalue weighted by molar-refractivity contribution is 5.90. The molecule has 0 aromatic heterocycles. The van der Waals surface area contributed by atoms with E-state index < -0.39 is 11.6 Å². The summed E-state index contributed by atoms with van der Waals surface area (Å²) in [6.07, 6.45) is 2.42. The molecule has 3 aromatic carbocycles. The first kappa shape index (κ1) is 26.9. The maximum atomic E-state index is 13.3. The summed E-state index contributed by atoms with van der Waals surface area (Å²) in [5, 5.41) is 10.9. The molecule has 0 spiro atoms. The molecule has 0 aliphatic carbocycles. The van der Waals surface area contributed by atoms with Crippen LogP contribution >= 0.6 is 0 Å². The van der Waals surface area contributed by atoms with Crippen molar-refractivity contribution in [3.63, 3.8) is 0 Å². The number of anilines is 1. The van der Waals surface area contributed by atoms with Gasteiger partial charge < -0.3 is 15.6 Å². The van der Waals surface area contributed by atoms with E-state index in [9.17, 15) is 18.7 Å². The number of rotatable bonds is 8. The predicted molar refractivity (Wildman–Crippen MR) is 138 cm³/mol. The van der Waals surface area contributed by atoms with Crippen molar-refractivity contribution in [3.05, 3.63) is 112 Å². The molecule has 1 heterocycles. The van der Waals surface area contributed by atoms with Gasteiger partial charge in [-0.1, -0.05) is 50.2 Å². The molecule has 0 amide bonds. The first-order valence-electron chi connectivity index (χ1n) is 12.3. The third kappa shape index (κ3) is 7.17. The second kappa shape index (κ2) is 12.3. The lowest BCUT2D eigenvalue weighted by Crippen LogP contribution is -2.41. The largest absolute Gasteiger partial charge is 0.512 e. The molecule has 4 rings (SSSR count). The summed E-state index contributed by atoms with van der Waals surface area (Å²) >= 11 is 0. The smallest absolute Gasteiger partial charge is 0.338 e. The fourth-order valence-corrected chi connectivity index (χ4v) is 4.36. The predicted octanol–water partition coefficient (Wildman–Crippen LogP) is 6.88. The molecule has 190 valence electrons. The van der Waals surface area contributed by atoms with E-state index in [-0.39, 0.29) is 35.8 Å². The van der Waals surface area contributed by atoms with E-state index in [0.29, 0.717) is 31.4 Å². The summed E-state index contributed by atoms with van der Waals surface area (Å²) in [6, 6.07) is 19.6. The van der Waals surface area contributed by atoms with Gasteiger partial charge >= 0.3 is 5.97 Å². The van der Waals surface area contributed by atoms with E-state index in [1.54, 1.807) is 42.5 Å². The Kier molecular flexibility index (Phi) is 9.23. The average molecular weight is 494 g/mol. The van der Waals surface area contributed by atoms with Crippen molar-refractivity contribution in [1.82, 2.24) is 0 Å². The van der Waals surface area contributed by atoms with Gasteiger partial charge in [0.25, 0.3) is 0 Å². The highest BCUT2D eigenvalue weighted by atomic mass is 19.1. The van der Waals surface area contributed by atoms with Crippen molar-refractivity contribution in [3.8, 4) is 0 Å². The Hall–Kier alpha value is -3.67. The average Bonchev–Trinajstić information content (AvgIpc) is 2.87. The zero-order chi connectivity index (χ0) is 26.1. The van der Waals surface area contributed by atoms with Crippen LogP contribution in [0.1, 0.15) is 49.8 Å². The van der Waals surface area contributed by atoms with Crippen LogP contribution in [-0.2, 0) is 28.8 Å². The van der Waals surface area contributed by atoms with E-state index in [1.165, 1.54) is 24.3 Å². The van der Waals surface area contributed by atoms with Crippen molar-refractivity contribution in [1.29, 1.82) is 0 Å². The van der Waals surface area contributed by atoms with Gasteiger partial charge in [0.2, 0.25) is 0 Å². The number of aryl methyl sites for hydroxylation is 2. The van der Waals surface area contributed by atoms with E-state index in [4.69, 9.17) is 10.5 Å². The Balaban J connectivity index is 0.00000176. The summed E-state index contributed by atoms with van der Waals surface area (Å²) in [5.74, 6) is -1.17. The summed E-state index contributed by atoms with van der Waals surface area (Å²) < 4.78 is 32.6. The quantitative estimate of drug-likeness (QED) is 0.265. The number of cyclic esters (lactones) is 1. The second-order valence-corrected chi connectivity index (χ2v) is 8.85. The normalized spacial score (nSPS) is 14.6. The minimum Gasteiger partial charge on any atom is -0.512 e. The van der Waals surface area contributed by atoms with Crippen molar-refractivity contribution in [2.24, 2.45) is 0 Å². The number of carbonyl (C=O) groups excluding carboxylic acids is 1. The number of halogens is 2. The van der Waals surface area contributed by atoms with Gasteiger partial charge in [0, 0.05) is 18.5 Å². The SMILES string of the molecule is CC.Nc1cccc(CC2=C(O)CC(CCc3ccc(F)cc3)(CCc3ccc(F)cc3)OC2=O)c1. The van der Waals surface area contributed by atoms with Gasteiger partial charge in [0.05, 0.1) is 5.57 Å². The van der Waals surface area contributed by atoms with Gasteiger partial charge in [0.15, 0.2) is 0 Å². The number of aliphatic hydroxyl groups is 1. The zero-order valence-corrected chi connectivity index (χ0v) is 20.8. The Bertz CT molecular complexity index is 1140. The van der Waals surface area contributed by atoms with Crippen molar-refractivity contribution >= 4 is 11.7 Å². The van der Waals surface area contributed by atoms with Crippen LogP contribution in [0, 0.1) is 11.6 Å². The molecule has 6 heteroatoms. The van der Waals surface area contributed by atoms with E-state index in [2.05, 4.69) is 0 Å². The monoisotopic (exact) mass is 493 g/mol. The number of carbonyl (C=O) groups is 1. The molecule has 0 bridgehead atoms. The summed E-state index contributed by atoms with van der Waals surface area (Å²) in [6.45, 7) is 4.00. The topological polar surface area (TPSA) is 72.6 Å². The van der Waals surface area contributed by atoms with Gasteiger partial charge in [-0.3, -0.25) is 0 Å². The number of ether oxygens (including phenoxy) is 1. The molecule has 1 aliphatic heterocycles. The molecule has 3 aromatic rings. The molecule has 36 heavy (non-hydrogen) atoms. The standard InChI is InChI=1S/C28H27F2NO3.C2H6/c29-22-8-4-19(5-9-22)12-14-28(15-13-20-6-10-23(30)11-7-20)18-26(32)25(27(33)34-28)17-21-2-1-3-24(31)16-21;1-2/h1-11,16,32H,12-15,17-18,31H2;1-2H3. The van der Waals surface area contributed by atoms with Crippen molar-refractivity contribution < 1.29 is 23.4 Å². The van der Waals surface area contributed by atoms with Gasteiger partial charge in [-0.15, -0.1) is 0 Å². The molecule has 1 aliphatic rings. The fraction of sp³-hybridized carbons (Fsp3) is 0.300. The maximum absolute atomic E-state index is 13.3. The van der Waals surface area contributed by atoms with Gasteiger partial charge in [-0.05, 0) is 78.8 Å². The highest BCUT2D eigenvalue weighted by Gasteiger charge is 2.41. The van der Waals surface area contributed by atoms with Crippen LogP contribution in [0.2, 0.25) is 0 Å². The molecule has 0 fully saturated rings. The Labute approximate surface area is 211 Å². The van der Waals surface area contributed by atoms with Crippen LogP contribution in [0.25, 0.3) is 0 Å². The van der Waals surface area contributed by atoms with Crippen molar-refractivity contribution in [2.45, 2.75) is 58.0 Å². The Morgan fingerprint density at radius 2 is 1.39 bits per heavy atom. The molecule has 0 radical (unpaired) electrons. The molecular weight excluding hydrogens is 460 g/mol. The van der Waals surface area contributed by atoms with Crippen LogP contribution in [0.4, 0.5) is 14.5 Å². The molecule has 0 saturated carbocycles. The first-order valence-corrected chi connectivity index (χ1v) is 12.3. The zero-order valence-electron chi connectivity index (χ0n) is 20.8. The Morgan fingerprint density at radius 1 is 0.861 bits per heavy atom. The van der Waals surface area contributed by atoms with E-state index in [1.807, 2.05) is 19.9 Å². The maximum Gasteiger partial charge on any atom is 0.338 e. The molecular formula is C30H33F2NO3. The lowest BCUT2D eigenvalue weighted by molar-refractivity contribution is -0.160. The number of hydrogen-bond acceptors (Lipinski definition) is 4. The molecule has 0 saturated heterocycles. The summed E-state index contributed by atoms with van der Waals surface area (Å²) in [4.78, 5) is 13.1. The van der Waals surface area contributed by atoms with Crippen LogP contribution < -0.4 is 5.73 Å². The molecule has 0 unspecified atom stereocenters. The number of hydrogen-bond donors (Lipinski definition) is 2. The fourth-order valence-electron chi connectivity index (χ4n) is 4.36. The molecule has 4 nitrogen and oxygen atoms in total. The van der Waals surface area contributed by atoms with Gasteiger partial charge in [-0.25, -0.2) is 13.6 Å². The summed E-state index contributed by atoms with van der Waals surface area (Å²) in [7, 11) is 0. The van der Waals surface area contributed by atoms with E-state index >= 15 is 0 Å². The van der Waals surface area contributed by atoms with E-state index in [0.717, 1.165) is 16.7 Å². The van der Waals surface area contributed by atoms with Crippen molar-refractivity contribution in [2.75, 3.05) is 5.73 Å². The number of benzene rings is 3. The third-order valence-electron chi connectivity index (χ3n) is 6.29. The second-order valence-electron chi connectivity index (χ2n) is 8.85.